The minimum Gasteiger partial charge on any atom is -0.480 e. The second-order valence-corrected chi connectivity index (χ2v) is 4.73. The van der Waals surface area contributed by atoms with E-state index in [2.05, 4.69) is 0 Å². The van der Waals surface area contributed by atoms with E-state index in [0.29, 0.717) is 0 Å². The molecular weight excluding hydrogens is 220 g/mol. The highest BCUT2D eigenvalue weighted by Gasteiger charge is 2.28. The maximum atomic E-state index is 12.0. The number of hydrogen-bond acceptors (Lipinski definition) is 3. The Morgan fingerprint density at radius 1 is 1.41 bits per heavy atom. The third-order valence-electron chi connectivity index (χ3n) is 3.35. The highest BCUT2D eigenvalue weighted by atomic mass is 16.4. The zero-order valence-electron chi connectivity index (χ0n) is 10.4. The standard InChI is InChI=1S/C12H22N2O3/c1-2-9(13)7-11(15)14(8-12(16)17)10-5-3-4-6-10/h9-10H,2-8,13H2,1H3,(H,16,17). The van der Waals surface area contributed by atoms with E-state index >= 15 is 0 Å². The SMILES string of the molecule is CCC(N)CC(=O)N(CC(=O)O)C1CCCC1. The van der Waals surface area contributed by atoms with E-state index < -0.39 is 5.97 Å². The molecule has 0 radical (unpaired) electrons. The number of aliphatic carboxylic acids is 1. The average molecular weight is 242 g/mol. The minimum absolute atomic E-state index is 0.0997. The number of carboxylic acid groups (broad SMARTS) is 1. The van der Waals surface area contributed by atoms with Gasteiger partial charge in [-0.1, -0.05) is 19.8 Å². The van der Waals surface area contributed by atoms with Crippen LogP contribution >= 0.6 is 0 Å². The van der Waals surface area contributed by atoms with Crippen LogP contribution in [0.15, 0.2) is 0 Å². The molecule has 5 nitrogen and oxygen atoms in total. The van der Waals surface area contributed by atoms with Gasteiger partial charge in [0.05, 0.1) is 0 Å². The molecule has 0 aromatic rings. The molecule has 0 aromatic heterocycles. The Morgan fingerprint density at radius 2 is 2.00 bits per heavy atom. The molecule has 0 heterocycles. The first-order valence-electron chi connectivity index (χ1n) is 6.31. The molecule has 1 aliphatic rings. The number of carbonyl (C=O) groups excluding carboxylic acids is 1. The van der Waals surface area contributed by atoms with Crippen LogP contribution in [0, 0.1) is 0 Å². The Bertz CT molecular complexity index is 275. The molecule has 1 amide bonds. The molecular formula is C12H22N2O3. The van der Waals surface area contributed by atoms with Crippen LogP contribution in [0.1, 0.15) is 45.4 Å². The first kappa shape index (κ1) is 14.0. The van der Waals surface area contributed by atoms with E-state index in [1.54, 1.807) is 0 Å². The van der Waals surface area contributed by atoms with Gasteiger partial charge in [0, 0.05) is 18.5 Å². The van der Waals surface area contributed by atoms with E-state index in [1.807, 2.05) is 6.92 Å². The van der Waals surface area contributed by atoms with Crippen LogP contribution in [-0.2, 0) is 9.59 Å². The second-order valence-electron chi connectivity index (χ2n) is 4.73. The molecule has 0 aromatic carbocycles. The van der Waals surface area contributed by atoms with Crippen LogP contribution in [0.2, 0.25) is 0 Å². The van der Waals surface area contributed by atoms with E-state index in [-0.39, 0.29) is 31.0 Å². The molecule has 1 unspecified atom stereocenters. The molecule has 17 heavy (non-hydrogen) atoms. The summed E-state index contributed by atoms with van der Waals surface area (Å²) < 4.78 is 0. The molecule has 0 aliphatic heterocycles. The highest BCUT2D eigenvalue weighted by molar-refractivity contribution is 5.82. The van der Waals surface area contributed by atoms with Gasteiger partial charge in [-0.2, -0.15) is 0 Å². The molecule has 0 bridgehead atoms. The average Bonchev–Trinajstić information content (AvgIpc) is 2.78. The molecule has 1 rings (SSSR count). The van der Waals surface area contributed by atoms with Crippen LogP contribution in [0.4, 0.5) is 0 Å². The number of nitrogens with zero attached hydrogens (tertiary/aromatic N) is 1. The van der Waals surface area contributed by atoms with E-state index in [9.17, 15) is 9.59 Å². The third kappa shape index (κ3) is 4.34. The van der Waals surface area contributed by atoms with Gasteiger partial charge in [-0.15, -0.1) is 0 Å². The summed E-state index contributed by atoms with van der Waals surface area (Å²) in [6.45, 7) is 1.73. The summed E-state index contributed by atoms with van der Waals surface area (Å²) in [5, 5.41) is 8.86. The zero-order valence-corrected chi connectivity index (χ0v) is 10.4. The van der Waals surface area contributed by atoms with Crippen molar-refractivity contribution in [3.8, 4) is 0 Å². The number of carboxylic acids is 1. The molecule has 1 aliphatic carbocycles. The molecule has 1 fully saturated rings. The fraction of sp³-hybridized carbons (Fsp3) is 0.833. The van der Waals surface area contributed by atoms with Crippen LogP contribution in [0.3, 0.4) is 0 Å². The lowest BCUT2D eigenvalue weighted by atomic mass is 10.1. The van der Waals surface area contributed by atoms with Crippen molar-refractivity contribution in [2.45, 2.75) is 57.5 Å². The summed E-state index contributed by atoms with van der Waals surface area (Å²) in [6, 6.07) is -0.0668. The number of rotatable bonds is 6. The van der Waals surface area contributed by atoms with Gasteiger partial charge in [0.15, 0.2) is 0 Å². The quantitative estimate of drug-likeness (QED) is 0.727. The van der Waals surface area contributed by atoms with Gasteiger partial charge in [-0.25, -0.2) is 0 Å². The third-order valence-corrected chi connectivity index (χ3v) is 3.35. The Morgan fingerprint density at radius 3 is 2.47 bits per heavy atom. The Balaban J connectivity index is 2.60. The van der Waals surface area contributed by atoms with Crippen molar-refractivity contribution in [1.82, 2.24) is 4.90 Å². The van der Waals surface area contributed by atoms with Gasteiger partial charge in [-0.05, 0) is 19.3 Å². The molecule has 1 atom stereocenters. The lowest BCUT2D eigenvalue weighted by Gasteiger charge is -2.28. The Kier molecular flexibility index (Phi) is 5.41. The summed E-state index contributed by atoms with van der Waals surface area (Å²) in [5.41, 5.74) is 5.75. The first-order valence-corrected chi connectivity index (χ1v) is 6.31. The van der Waals surface area contributed by atoms with Crippen molar-refractivity contribution in [1.29, 1.82) is 0 Å². The van der Waals surface area contributed by atoms with Gasteiger partial charge < -0.3 is 15.7 Å². The fourth-order valence-corrected chi connectivity index (χ4v) is 2.27. The van der Waals surface area contributed by atoms with Crippen molar-refractivity contribution in [2.75, 3.05) is 6.54 Å². The van der Waals surface area contributed by atoms with E-state index in [0.717, 1.165) is 32.1 Å². The number of amides is 1. The maximum Gasteiger partial charge on any atom is 0.323 e. The lowest BCUT2D eigenvalue weighted by Crippen LogP contribution is -2.44. The van der Waals surface area contributed by atoms with Crippen molar-refractivity contribution in [3.63, 3.8) is 0 Å². The van der Waals surface area contributed by atoms with Crippen molar-refractivity contribution < 1.29 is 14.7 Å². The summed E-state index contributed by atoms with van der Waals surface area (Å²) in [7, 11) is 0. The largest absolute Gasteiger partial charge is 0.480 e. The summed E-state index contributed by atoms with van der Waals surface area (Å²) in [4.78, 5) is 24.3. The van der Waals surface area contributed by atoms with Gasteiger partial charge in [0.25, 0.3) is 0 Å². The van der Waals surface area contributed by atoms with Crippen molar-refractivity contribution >= 4 is 11.9 Å². The monoisotopic (exact) mass is 242 g/mol. The first-order chi connectivity index (χ1) is 8.04. The number of hydrogen-bond donors (Lipinski definition) is 2. The Hall–Kier alpha value is -1.10. The normalized spacial score (nSPS) is 18.0. The maximum absolute atomic E-state index is 12.0. The zero-order chi connectivity index (χ0) is 12.8. The van der Waals surface area contributed by atoms with Gasteiger partial charge in [0.1, 0.15) is 6.54 Å². The van der Waals surface area contributed by atoms with Gasteiger partial charge in [-0.3, -0.25) is 9.59 Å². The Labute approximate surface area is 102 Å². The van der Waals surface area contributed by atoms with Gasteiger partial charge >= 0.3 is 5.97 Å². The molecule has 0 saturated heterocycles. The lowest BCUT2D eigenvalue weighted by molar-refractivity contribution is -0.146. The molecule has 0 spiro atoms. The summed E-state index contributed by atoms with van der Waals surface area (Å²) >= 11 is 0. The topological polar surface area (TPSA) is 83.6 Å². The van der Waals surface area contributed by atoms with Gasteiger partial charge in [0.2, 0.25) is 5.91 Å². The molecule has 3 N–H and O–H groups in total. The number of carbonyl (C=O) groups is 2. The van der Waals surface area contributed by atoms with E-state index in [1.165, 1.54) is 4.90 Å². The van der Waals surface area contributed by atoms with E-state index in [4.69, 9.17) is 10.8 Å². The summed E-state index contributed by atoms with van der Waals surface area (Å²) in [5.74, 6) is -1.07. The van der Waals surface area contributed by atoms with Crippen molar-refractivity contribution in [3.05, 3.63) is 0 Å². The predicted molar refractivity (Wildman–Crippen MR) is 64.5 cm³/mol. The molecule has 98 valence electrons. The van der Waals surface area contributed by atoms with Crippen LogP contribution < -0.4 is 5.73 Å². The van der Waals surface area contributed by atoms with Crippen molar-refractivity contribution in [2.24, 2.45) is 5.73 Å². The smallest absolute Gasteiger partial charge is 0.323 e. The van der Waals surface area contributed by atoms with Crippen LogP contribution in [0.5, 0.6) is 0 Å². The molecule has 1 saturated carbocycles. The van der Waals surface area contributed by atoms with Crippen LogP contribution in [0.25, 0.3) is 0 Å². The fourth-order valence-electron chi connectivity index (χ4n) is 2.27. The minimum atomic E-state index is -0.949. The highest BCUT2D eigenvalue weighted by Crippen LogP contribution is 2.24. The molecule has 5 heteroatoms. The van der Waals surface area contributed by atoms with Crippen LogP contribution in [-0.4, -0.2) is 40.5 Å². The number of nitrogens with two attached hydrogens (primary N) is 1. The predicted octanol–water partition coefficient (Wildman–Crippen LogP) is 0.970. The summed E-state index contributed by atoms with van der Waals surface area (Å²) in [6.07, 6.45) is 4.97. The second kappa shape index (κ2) is 6.59.